The molecule has 0 radical (unpaired) electrons. The highest BCUT2D eigenvalue weighted by atomic mass is 19.4. The Morgan fingerprint density at radius 2 is 1.83 bits per heavy atom. The lowest BCUT2D eigenvalue weighted by molar-refractivity contribution is -0.142. The second-order valence-electron chi connectivity index (χ2n) is 4.98. The molecule has 0 amide bonds. The summed E-state index contributed by atoms with van der Waals surface area (Å²) in [7, 11) is 1.82. The Morgan fingerprint density at radius 3 is 2.33 bits per heavy atom. The molecule has 1 aromatic rings. The maximum absolute atomic E-state index is 12.7. The number of aromatic nitrogens is 2. The van der Waals surface area contributed by atoms with Crippen molar-refractivity contribution in [3.63, 3.8) is 0 Å². The van der Waals surface area contributed by atoms with Crippen LogP contribution in [0.25, 0.3) is 0 Å². The molecule has 2 heterocycles. The molecule has 104 valence electrons. The largest absolute Gasteiger partial charge is 0.435 e. The van der Waals surface area contributed by atoms with Crippen LogP contribution >= 0.6 is 0 Å². The van der Waals surface area contributed by atoms with E-state index in [1.165, 1.54) is 0 Å². The van der Waals surface area contributed by atoms with Gasteiger partial charge in [0.05, 0.1) is 0 Å². The van der Waals surface area contributed by atoms with Crippen LogP contribution in [0.3, 0.4) is 0 Å². The number of alkyl halides is 3. The molecule has 0 atom stereocenters. The number of halogens is 3. The first kappa shape index (κ1) is 15.0. The van der Waals surface area contributed by atoms with E-state index in [0.717, 1.165) is 6.54 Å². The Morgan fingerprint density at radius 1 is 1.28 bits per heavy atom. The molecule has 2 rings (SSSR count). The Bertz CT molecular complexity index is 394. The van der Waals surface area contributed by atoms with Crippen molar-refractivity contribution in [1.82, 2.24) is 15.1 Å². The van der Waals surface area contributed by atoms with E-state index in [2.05, 4.69) is 10.2 Å². The number of rotatable bonds is 0. The van der Waals surface area contributed by atoms with Crippen molar-refractivity contribution in [2.75, 3.05) is 13.6 Å². The van der Waals surface area contributed by atoms with E-state index in [-0.39, 0.29) is 11.0 Å². The van der Waals surface area contributed by atoms with Gasteiger partial charge < -0.3 is 4.90 Å². The van der Waals surface area contributed by atoms with Gasteiger partial charge in [0.1, 0.15) is 0 Å². The normalized spacial score (nSPS) is 18.9. The molecule has 1 N–H and O–H groups in total. The molecule has 0 saturated carbocycles. The van der Waals surface area contributed by atoms with Crippen LogP contribution in [0.5, 0.6) is 0 Å². The zero-order chi connectivity index (χ0) is 14.1. The van der Waals surface area contributed by atoms with Gasteiger partial charge in [0.25, 0.3) is 0 Å². The van der Waals surface area contributed by atoms with Crippen LogP contribution in [0.1, 0.15) is 44.6 Å². The summed E-state index contributed by atoms with van der Waals surface area (Å²) >= 11 is 0. The first-order valence-electron chi connectivity index (χ1n) is 6.05. The van der Waals surface area contributed by atoms with Crippen molar-refractivity contribution in [2.24, 2.45) is 0 Å². The van der Waals surface area contributed by atoms with Crippen LogP contribution in [0.4, 0.5) is 13.2 Å². The average Bonchev–Trinajstić information content (AvgIpc) is 2.63. The lowest BCUT2D eigenvalue weighted by Gasteiger charge is -2.35. The number of nitrogens with zero attached hydrogens (tertiary/aromatic N) is 2. The van der Waals surface area contributed by atoms with Crippen molar-refractivity contribution in [2.45, 2.75) is 45.8 Å². The molecule has 18 heavy (non-hydrogen) atoms. The van der Waals surface area contributed by atoms with Crippen LogP contribution in [-0.4, -0.2) is 28.7 Å². The van der Waals surface area contributed by atoms with E-state index in [1.807, 2.05) is 39.6 Å². The summed E-state index contributed by atoms with van der Waals surface area (Å²) in [6.07, 6.45) is -4.38. The molecule has 0 spiro atoms. The second kappa shape index (κ2) is 4.91. The molecule has 0 aromatic carbocycles. The summed E-state index contributed by atoms with van der Waals surface area (Å²) in [5.41, 5.74) is -0.204. The van der Waals surface area contributed by atoms with E-state index in [0.29, 0.717) is 12.2 Å². The monoisotopic (exact) mass is 263 g/mol. The van der Waals surface area contributed by atoms with Gasteiger partial charge in [-0.05, 0) is 7.05 Å². The van der Waals surface area contributed by atoms with Gasteiger partial charge in [0, 0.05) is 29.8 Å². The third-order valence-corrected chi connectivity index (χ3v) is 2.91. The van der Waals surface area contributed by atoms with Crippen LogP contribution in [0, 0.1) is 0 Å². The van der Waals surface area contributed by atoms with Gasteiger partial charge in [-0.2, -0.15) is 18.3 Å². The number of hydrogen-bond donors (Lipinski definition) is 1. The molecule has 1 aromatic heterocycles. The molecule has 0 aliphatic carbocycles. The van der Waals surface area contributed by atoms with Gasteiger partial charge in [0.2, 0.25) is 0 Å². The van der Waals surface area contributed by atoms with Crippen LogP contribution in [-0.2, 0) is 18.1 Å². The van der Waals surface area contributed by atoms with Crippen LogP contribution in [0.15, 0.2) is 0 Å². The first-order valence-corrected chi connectivity index (χ1v) is 6.05. The number of hydrogen-bond acceptors (Lipinski definition) is 2. The van der Waals surface area contributed by atoms with Crippen LogP contribution in [0.2, 0.25) is 0 Å². The standard InChI is InChI=1S/C10H14F3N3.C2H6/c1-9(2)5-16(3)4-6-7(9)14-15-8(6)10(11,12)13;1-2/h4-5H2,1-3H3,(H,14,15);1-2H3. The Balaban J connectivity index is 0.000000771. The highest BCUT2D eigenvalue weighted by Crippen LogP contribution is 2.38. The minimum Gasteiger partial charge on any atom is -0.301 e. The molecular weight excluding hydrogens is 243 g/mol. The number of fused-ring (bicyclic) bond motifs is 1. The molecule has 6 heteroatoms. The number of aromatic amines is 1. The van der Waals surface area contributed by atoms with Gasteiger partial charge in [-0.1, -0.05) is 27.7 Å². The van der Waals surface area contributed by atoms with E-state index in [1.54, 1.807) is 0 Å². The van der Waals surface area contributed by atoms with Gasteiger partial charge in [-0.25, -0.2) is 0 Å². The Labute approximate surface area is 105 Å². The third kappa shape index (κ3) is 2.68. The smallest absolute Gasteiger partial charge is 0.301 e. The fourth-order valence-electron chi connectivity index (χ4n) is 2.39. The molecular formula is C12H20F3N3. The second-order valence-corrected chi connectivity index (χ2v) is 4.98. The predicted octanol–water partition coefficient (Wildman–Crippen LogP) is 3.18. The van der Waals surface area contributed by atoms with E-state index >= 15 is 0 Å². The molecule has 0 bridgehead atoms. The lowest BCUT2D eigenvalue weighted by atomic mass is 9.82. The van der Waals surface area contributed by atoms with Crippen molar-refractivity contribution in [3.05, 3.63) is 17.0 Å². The summed E-state index contributed by atoms with van der Waals surface area (Å²) in [5.74, 6) is 0. The van der Waals surface area contributed by atoms with Crippen molar-refractivity contribution in [1.29, 1.82) is 0 Å². The Hall–Kier alpha value is -1.04. The van der Waals surface area contributed by atoms with Gasteiger partial charge in [-0.3, -0.25) is 5.10 Å². The highest BCUT2D eigenvalue weighted by molar-refractivity contribution is 5.34. The minimum absolute atomic E-state index is 0.284. The SMILES string of the molecule is CC.CN1Cc2c(C(F)(F)F)n[nH]c2C(C)(C)C1. The summed E-state index contributed by atoms with van der Waals surface area (Å²) in [6.45, 7) is 8.85. The number of likely N-dealkylation sites (N-methyl/N-ethyl adjacent to an activating group) is 1. The topological polar surface area (TPSA) is 31.9 Å². The third-order valence-electron chi connectivity index (χ3n) is 2.91. The molecule has 3 nitrogen and oxygen atoms in total. The summed E-state index contributed by atoms with van der Waals surface area (Å²) < 4.78 is 38.1. The van der Waals surface area contributed by atoms with Gasteiger partial charge in [0.15, 0.2) is 5.69 Å². The highest BCUT2D eigenvalue weighted by Gasteiger charge is 2.42. The summed E-state index contributed by atoms with van der Waals surface area (Å²) in [5, 5.41) is 5.97. The predicted molar refractivity (Wildman–Crippen MR) is 64.3 cm³/mol. The maximum atomic E-state index is 12.7. The Kier molecular flexibility index (Phi) is 4.10. The average molecular weight is 263 g/mol. The molecule has 0 unspecified atom stereocenters. The fraction of sp³-hybridized carbons (Fsp3) is 0.750. The number of nitrogens with one attached hydrogen (secondary N) is 1. The van der Waals surface area contributed by atoms with Crippen LogP contribution < -0.4 is 0 Å². The molecule has 0 saturated heterocycles. The van der Waals surface area contributed by atoms with E-state index in [9.17, 15) is 13.2 Å². The summed E-state index contributed by atoms with van der Waals surface area (Å²) in [4.78, 5) is 1.88. The van der Waals surface area contributed by atoms with E-state index < -0.39 is 11.9 Å². The van der Waals surface area contributed by atoms with Crippen molar-refractivity contribution < 1.29 is 13.2 Å². The first-order chi connectivity index (χ1) is 8.22. The number of H-pyrrole nitrogens is 1. The molecule has 1 aliphatic rings. The van der Waals surface area contributed by atoms with Crippen molar-refractivity contribution in [3.8, 4) is 0 Å². The maximum Gasteiger partial charge on any atom is 0.435 e. The van der Waals surface area contributed by atoms with E-state index in [4.69, 9.17) is 0 Å². The zero-order valence-corrected chi connectivity index (χ0v) is 11.4. The van der Waals surface area contributed by atoms with Gasteiger partial charge in [-0.15, -0.1) is 0 Å². The summed E-state index contributed by atoms with van der Waals surface area (Å²) in [6, 6.07) is 0. The quantitative estimate of drug-likeness (QED) is 0.779. The minimum atomic E-state index is -4.38. The van der Waals surface area contributed by atoms with Crippen molar-refractivity contribution >= 4 is 0 Å². The molecule has 1 aliphatic heterocycles. The lowest BCUT2D eigenvalue weighted by Crippen LogP contribution is -2.40. The van der Waals surface area contributed by atoms with Gasteiger partial charge >= 0.3 is 6.18 Å². The zero-order valence-electron chi connectivity index (χ0n) is 11.4. The fourth-order valence-corrected chi connectivity index (χ4v) is 2.39. The molecule has 0 fully saturated rings.